The lowest BCUT2D eigenvalue weighted by atomic mass is 9.45. The first-order valence-corrected chi connectivity index (χ1v) is 14.8. The third-order valence-corrected chi connectivity index (χ3v) is 10.1. The number of nitrogens with one attached hydrogen (secondary N) is 2. The highest BCUT2D eigenvalue weighted by Gasteiger charge is 2.56. The maximum atomic E-state index is 14.2. The highest BCUT2D eigenvalue weighted by atomic mass is 19.1. The highest BCUT2D eigenvalue weighted by Crippen LogP contribution is 2.61. The van der Waals surface area contributed by atoms with Crippen LogP contribution in [0.3, 0.4) is 0 Å². The van der Waals surface area contributed by atoms with Crippen molar-refractivity contribution in [2.45, 2.75) is 59.0 Å². The summed E-state index contributed by atoms with van der Waals surface area (Å²) in [6.07, 6.45) is 2.42. The van der Waals surface area contributed by atoms with Crippen LogP contribution < -0.4 is 10.6 Å². The molecule has 1 saturated heterocycles. The Bertz CT molecular complexity index is 1410. The van der Waals surface area contributed by atoms with Crippen molar-refractivity contribution in [1.29, 1.82) is 0 Å². The molecule has 9 heteroatoms. The topological polar surface area (TPSA) is 77.0 Å². The van der Waals surface area contributed by atoms with Gasteiger partial charge in [0.1, 0.15) is 11.6 Å². The molecule has 0 unspecified atom stereocenters. The lowest BCUT2D eigenvalue weighted by molar-refractivity contribution is -0.108. The molecule has 4 fully saturated rings. The van der Waals surface area contributed by atoms with E-state index >= 15 is 0 Å². The monoisotopic (exact) mass is 563 g/mol. The van der Waals surface area contributed by atoms with Gasteiger partial charge in [0.05, 0.1) is 22.9 Å². The van der Waals surface area contributed by atoms with Gasteiger partial charge in [0, 0.05) is 38.3 Å². The molecule has 2 aromatic carbocycles. The molecule has 5 atom stereocenters. The largest absolute Gasteiger partial charge is 0.340 e. The summed E-state index contributed by atoms with van der Waals surface area (Å²) in [5, 5.41) is 6.98. The molecule has 41 heavy (non-hydrogen) atoms. The molecular weight excluding hydrogens is 524 g/mol. The van der Waals surface area contributed by atoms with Crippen LogP contribution in [0.5, 0.6) is 0 Å². The van der Waals surface area contributed by atoms with Gasteiger partial charge in [-0.2, -0.15) is 0 Å². The molecule has 2 N–H and O–H groups in total. The van der Waals surface area contributed by atoms with Gasteiger partial charge >= 0.3 is 0 Å². The molecule has 7 nitrogen and oxygen atoms in total. The molecule has 3 aliphatic carbocycles. The van der Waals surface area contributed by atoms with Crippen molar-refractivity contribution >= 4 is 23.5 Å². The van der Waals surface area contributed by atoms with Gasteiger partial charge in [0.25, 0.3) is 11.8 Å². The number of halogens is 2. The predicted molar refractivity (Wildman–Crippen MR) is 155 cm³/mol. The van der Waals surface area contributed by atoms with E-state index in [1.807, 2.05) is 6.07 Å². The van der Waals surface area contributed by atoms with Crippen molar-refractivity contribution in [2.75, 3.05) is 31.5 Å². The van der Waals surface area contributed by atoms with E-state index in [1.165, 1.54) is 18.6 Å². The number of hydrogen-bond donors (Lipinski definition) is 2. The first kappa shape index (κ1) is 27.8. The molecular formula is C32H39F2N5O2. The Balaban J connectivity index is 1.27. The number of amides is 2. The standard InChI is InChI=1S/C32H39F2N5O2/c1-18-17-38(13-11-35-18)31(37-27-15-21-14-24(19(27)2)32(21,3)4)36-26-7-5-6-23-28(26)30(41)39(29(23)40)12-10-20-8-9-22(33)16-25(20)34/h5-9,16,18-19,21,24,27,35H,10-15,17H2,1-4H3,(H,36,37)/t18-,19-,21+,24-,27-/m0/s1. The van der Waals surface area contributed by atoms with Crippen molar-refractivity contribution in [2.24, 2.45) is 28.2 Å². The summed E-state index contributed by atoms with van der Waals surface area (Å²) in [6.45, 7) is 11.6. The number of guanidine groups is 1. The molecule has 2 bridgehead atoms. The number of imide groups is 1. The van der Waals surface area contributed by atoms with E-state index < -0.39 is 23.4 Å². The van der Waals surface area contributed by atoms with Gasteiger partial charge in [-0.1, -0.05) is 32.9 Å². The second-order valence-corrected chi connectivity index (χ2v) is 12.9. The van der Waals surface area contributed by atoms with Crippen LogP contribution in [0.15, 0.2) is 41.4 Å². The Hall–Kier alpha value is -3.33. The number of rotatable bonds is 5. The number of carbonyl (C=O) groups is 2. The van der Waals surface area contributed by atoms with Gasteiger partial charge in [-0.15, -0.1) is 0 Å². The number of aliphatic imine (C=N–C) groups is 1. The molecule has 2 aromatic rings. The lowest BCUT2D eigenvalue weighted by Crippen LogP contribution is -2.57. The fourth-order valence-electron chi connectivity index (χ4n) is 7.49. The van der Waals surface area contributed by atoms with Gasteiger partial charge in [-0.3, -0.25) is 14.5 Å². The highest BCUT2D eigenvalue weighted by molar-refractivity contribution is 6.24. The minimum Gasteiger partial charge on any atom is -0.340 e. The van der Waals surface area contributed by atoms with Crippen LogP contribution in [0.1, 0.15) is 66.8 Å². The summed E-state index contributed by atoms with van der Waals surface area (Å²) in [4.78, 5) is 35.6. The predicted octanol–water partition coefficient (Wildman–Crippen LogP) is 4.94. The van der Waals surface area contributed by atoms with E-state index in [0.29, 0.717) is 46.0 Å². The van der Waals surface area contributed by atoms with E-state index in [-0.39, 0.29) is 24.6 Å². The van der Waals surface area contributed by atoms with Crippen LogP contribution in [0.4, 0.5) is 14.5 Å². The second kappa shape index (κ2) is 10.5. The van der Waals surface area contributed by atoms with E-state index in [4.69, 9.17) is 4.99 Å². The van der Waals surface area contributed by atoms with E-state index in [2.05, 4.69) is 43.2 Å². The Kier molecular flexibility index (Phi) is 7.12. The maximum Gasteiger partial charge on any atom is 0.263 e. The van der Waals surface area contributed by atoms with Crippen molar-refractivity contribution in [3.05, 3.63) is 64.7 Å². The van der Waals surface area contributed by atoms with Gasteiger partial charge in [0.2, 0.25) is 0 Å². The minimum absolute atomic E-state index is 0.00272. The Morgan fingerprint density at radius 1 is 1.12 bits per heavy atom. The van der Waals surface area contributed by atoms with Crippen LogP contribution in [0, 0.1) is 34.8 Å². The number of anilines is 1. The average Bonchev–Trinajstić information content (AvgIpc) is 3.18. The molecule has 2 heterocycles. The third-order valence-electron chi connectivity index (χ3n) is 10.1. The summed E-state index contributed by atoms with van der Waals surface area (Å²) in [7, 11) is 0. The van der Waals surface area contributed by atoms with Gasteiger partial charge in [-0.25, -0.2) is 13.8 Å². The normalized spacial score (nSPS) is 28.9. The van der Waals surface area contributed by atoms with Crippen molar-refractivity contribution < 1.29 is 18.4 Å². The van der Waals surface area contributed by atoms with Crippen LogP contribution in [-0.2, 0) is 6.42 Å². The van der Waals surface area contributed by atoms with Gasteiger partial charge < -0.3 is 15.5 Å². The molecule has 2 amide bonds. The number of nitrogens with zero attached hydrogens (tertiary/aromatic N) is 3. The Labute approximate surface area is 240 Å². The summed E-state index contributed by atoms with van der Waals surface area (Å²) in [5.41, 5.74) is 1.80. The van der Waals surface area contributed by atoms with Crippen LogP contribution in [0.25, 0.3) is 0 Å². The fraction of sp³-hybridized carbons (Fsp3) is 0.531. The number of fused-ring (bicyclic) bond motifs is 3. The molecule has 0 aromatic heterocycles. The molecule has 5 aliphatic rings. The van der Waals surface area contributed by atoms with E-state index in [0.717, 1.165) is 43.0 Å². The molecule has 0 spiro atoms. The Morgan fingerprint density at radius 3 is 2.63 bits per heavy atom. The quantitative estimate of drug-likeness (QED) is 0.306. The van der Waals surface area contributed by atoms with E-state index in [9.17, 15) is 18.4 Å². The van der Waals surface area contributed by atoms with Crippen molar-refractivity contribution in [3.63, 3.8) is 0 Å². The third kappa shape index (κ3) is 4.92. The summed E-state index contributed by atoms with van der Waals surface area (Å²) < 4.78 is 27.6. The molecule has 7 rings (SSSR count). The zero-order valence-corrected chi connectivity index (χ0v) is 24.2. The molecule has 3 saturated carbocycles. The summed E-state index contributed by atoms with van der Waals surface area (Å²) >= 11 is 0. The second-order valence-electron chi connectivity index (χ2n) is 12.9. The summed E-state index contributed by atoms with van der Waals surface area (Å²) in [5.74, 6) is 0.342. The SMILES string of the molecule is C[C@@H]1[C@@H](N=C(Nc2cccc3c2C(=O)N(CCc2ccc(F)cc2F)C3=O)N2CCN[C@@H](C)C2)C[C@H]2C[C@@H]1C2(C)C. The fourth-order valence-corrected chi connectivity index (χ4v) is 7.49. The van der Waals surface area contributed by atoms with Crippen molar-refractivity contribution in [3.8, 4) is 0 Å². The lowest BCUT2D eigenvalue weighted by Gasteiger charge is -2.61. The zero-order valence-electron chi connectivity index (χ0n) is 24.2. The van der Waals surface area contributed by atoms with E-state index in [1.54, 1.807) is 12.1 Å². The van der Waals surface area contributed by atoms with Crippen LogP contribution >= 0.6 is 0 Å². The average molecular weight is 564 g/mol. The zero-order chi connectivity index (χ0) is 29.1. The minimum atomic E-state index is -0.687. The van der Waals surface area contributed by atoms with Gasteiger partial charge in [0.15, 0.2) is 5.96 Å². The summed E-state index contributed by atoms with van der Waals surface area (Å²) in [6, 6.07) is 9.07. The van der Waals surface area contributed by atoms with Crippen LogP contribution in [-0.4, -0.2) is 65.8 Å². The smallest absolute Gasteiger partial charge is 0.263 e. The number of hydrogen-bond acceptors (Lipinski definition) is 4. The molecule has 0 radical (unpaired) electrons. The first-order chi connectivity index (χ1) is 19.5. The van der Waals surface area contributed by atoms with Crippen molar-refractivity contribution in [1.82, 2.24) is 15.1 Å². The number of benzene rings is 2. The number of piperazine rings is 1. The molecule has 218 valence electrons. The first-order valence-electron chi connectivity index (χ1n) is 14.8. The Morgan fingerprint density at radius 2 is 1.93 bits per heavy atom. The van der Waals surface area contributed by atoms with Gasteiger partial charge in [-0.05, 0) is 73.1 Å². The number of carbonyl (C=O) groups excluding carboxylic acids is 2. The maximum absolute atomic E-state index is 14.2. The molecule has 2 aliphatic heterocycles. The van der Waals surface area contributed by atoms with Crippen LogP contribution in [0.2, 0.25) is 0 Å².